The number of Topliss-reactive ketones (excluding diaryl/α,β-unsaturated/α-hetero) is 1. The highest BCUT2D eigenvalue weighted by Crippen LogP contribution is 2.28. The number of morpholine rings is 1. The van der Waals surface area contributed by atoms with Gasteiger partial charge in [0.25, 0.3) is 5.24 Å². The number of ketones is 1. The van der Waals surface area contributed by atoms with Crippen LogP contribution in [0.25, 0.3) is 21.8 Å². The molecule has 0 atom stereocenters. The monoisotopic (exact) mass is 370 g/mol. The van der Waals surface area contributed by atoms with Crippen molar-refractivity contribution in [3.8, 4) is 0 Å². The number of hydrogen-bond acceptors (Lipinski definition) is 4. The van der Waals surface area contributed by atoms with Gasteiger partial charge in [0.1, 0.15) is 0 Å². The first-order valence-corrected chi connectivity index (χ1v) is 9.08. The number of aromatic amines is 1. The van der Waals surface area contributed by atoms with E-state index in [9.17, 15) is 9.59 Å². The lowest BCUT2D eigenvalue weighted by molar-refractivity contribution is 0.0370. The minimum atomic E-state index is -0.487. The smallest absolute Gasteiger partial charge is 0.252 e. The second-order valence-corrected chi connectivity index (χ2v) is 6.89. The maximum absolute atomic E-state index is 12.6. The van der Waals surface area contributed by atoms with Gasteiger partial charge in [0.15, 0.2) is 5.78 Å². The Morgan fingerprint density at radius 3 is 2.27 bits per heavy atom. The molecule has 0 saturated carbocycles. The summed E-state index contributed by atoms with van der Waals surface area (Å²) in [6, 6.07) is 11.0. The number of nitrogens with one attached hydrogen (secondary N) is 1. The molecule has 1 fully saturated rings. The lowest BCUT2D eigenvalue weighted by Crippen LogP contribution is -2.37. The number of rotatable bonds is 5. The SMILES string of the molecule is O=C(Cl)c1ccc2[nH]c3ccc(C(=O)CCN4CCOCC4)cc3c2c1. The highest BCUT2D eigenvalue weighted by atomic mass is 35.5. The largest absolute Gasteiger partial charge is 0.379 e. The average Bonchev–Trinajstić information content (AvgIpc) is 3.04. The van der Waals surface area contributed by atoms with Crippen molar-refractivity contribution in [1.29, 1.82) is 0 Å². The van der Waals surface area contributed by atoms with E-state index >= 15 is 0 Å². The molecule has 0 radical (unpaired) electrons. The van der Waals surface area contributed by atoms with Gasteiger partial charge in [-0.15, -0.1) is 0 Å². The molecule has 4 rings (SSSR count). The molecule has 0 unspecified atom stereocenters. The average molecular weight is 371 g/mol. The van der Waals surface area contributed by atoms with Crippen LogP contribution < -0.4 is 0 Å². The number of benzene rings is 2. The lowest BCUT2D eigenvalue weighted by Gasteiger charge is -2.26. The Kier molecular flexibility index (Phi) is 4.76. The third-order valence-electron chi connectivity index (χ3n) is 4.91. The van der Waals surface area contributed by atoms with Crippen LogP contribution in [-0.4, -0.2) is 53.8 Å². The van der Waals surface area contributed by atoms with Gasteiger partial charge in [-0.05, 0) is 48.0 Å². The molecule has 0 bridgehead atoms. The molecular formula is C20H19ClN2O3. The Labute approximate surface area is 155 Å². The van der Waals surface area contributed by atoms with E-state index in [1.165, 1.54) is 0 Å². The molecule has 1 aliphatic rings. The Morgan fingerprint density at radius 2 is 1.62 bits per heavy atom. The molecule has 6 heteroatoms. The van der Waals surface area contributed by atoms with Gasteiger partial charge in [0, 0.05) is 59.0 Å². The maximum atomic E-state index is 12.6. The van der Waals surface area contributed by atoms with E-state index in [-0.39, 0.29) is 5.78 Å². The van der Waals surface area contributed by atoms with Crippen LogP contribution in [0.3, 0.4) is 0 Å². The molecule has 2 heterocycles. The molecule has 5 nitrogen and oxygen atoms in total. The lowest BCUT2D eigenvalue weighted by atomic mass is 10.0. The highest BCUT2D eigenvalue weighted by Gasteiger charge is 2.15. The van der Waals surface area contributed by atoms with E-state index in [4.69, 9.17) is 16.3 Å². The number of fused-ring (bicyclic) bond motifs is 3. The van der Waals surface area contributed by atoms with Gasteiger partial charge >= 0.3 is 0 Å². The predicted octanol–water partition coefficient (Wildman–Crippen LogP) is 3.61. The second-order valence-electron chi connectivity index (χ2n) is 6.55. The number of nitrogens with zero attached hydrogens (tertiary/aromatic N) is 1. The first-order valence-electron chi connectivity index (χ1n) is 8.70. The van der Waals surface area contributed by atoms with Crippen LogP contribution in [0.4, 0.5) is 0 Å². The molecule has 1 saturated heterocycles. The standard InChI is InChI=1S/C20H19ClN2O3/c21-20(25)14-2-4-18-16(12-14)15-11-13(1-3-17(15)22-18)19(24)5-6-23-7-9-26-10-8-23/h1-4,11-12,22H,5-10H2. The van der Waals surface area contributed by atoms with Crippen LogP contribution in [0.15, 0.2) is 36.4 Å². The summed E-state index contributed by atoms with van der Waals surface area (Å²) in [4.78, 5) is 29.6. The van der Waals surface area contributed by atoms with Crippen molar-refractivity contribution in [2.24, 2.45) is 0 Å². The fourth-order valence-electron chi connectivity index (χ4n) is 3.42. The van der Waals surface area contributed by atoms with Crippen molar-refractivity contribution in [3.63, 3.8) is 0 Å². The van der Waals surface area contributed by atoms with Crippen molar-refractivity contribution in [2.45, 2.75) is 6.42 Å². The number of ether oxygens (including phenoxy) is 1. The molecule has 0 aliphatic carbocycles. The summed E-state index contributed by atoms with van der Waals surface area (Å²) in [6.07, 6.45) is 0.485. The summed E-state index contributed by atoms with van der Waals surface area (Å²) in [5, 5.41) is 1.34. The van der Waals surface area contributed by atoms with Crippen molar-refractivity contribution in [2.75, 3.05) is 32.8 Å². The Morgan fingerprint density at radius 1 is 1.00 bits per heavy atom. The van der Waals surface area contributed by atoms with Crippen molar-refractivity contribution >= 4 is 44.4 Å². The van der Waals surface area contributed by atoms with Gasteiger partial charge in [0.2, 0.25) is 0 Å². The number of carbonyl (C=O) groups is 2. The molecule has 134 valence electrons. The quantitative estimate of drug-likeness (QED) is 0.550. The van der Waals surface area contributed by atoms with Crippen LogP contribution >= 0.6 is 11.6 Å². The first-order chi connectivity index (χ1) is 12.6. The molecule has 0 amide bonds. The van der Waals surface area contributed by atoms with Crippen LogP contribution in [0.2, 0.25) is 0 Å². The first kappa shape index (κ1) is 17.2. The third-order valence-corrected chi connectivity index (χ3v) is 5.12. The van der Waals surface area contributed by atoms with E-state index in [2.05, 4.69) is 9.88 Å². The van der Waals surface area contributed by atoms with Crippen molar-refractivity contribution in [1.82, 2.24) is 9.88 Å². The predicted molar refractivity (Wildman–Crippen MR) is 102 cm³/mol. The molecule has 1 aliphatic heterocycles. The number of H-pyrrole nitrogens is 1. The molecule has 0 spiro atoms. The van der Waals surface area contributed by atoms with Crippen LogP contribution in [0, 0.1) is 0 Å². The fraction of sp³-hybridized carbons (Fsp3) is 0.300. The van der Waals surface area contributed by atoms with Gasteiger partial charge in [-0.25, -0.2) is 0 Å². The molecule has 1 aromatic heterocycles. The minimum absolute atomic E-state index is 0.123. The minimum Gasteiger partial charge on any atom is -0.379 e. The van der Waals surface area contributed by atoms with Crippen molar-refractivity contribution in [3.05, 3.63) is 47.5 Å². The third kappa shape index (κ3) is 3.38. The zero-order valence-electron chi connectivity index (χ0n) is 14.3. The number of halogens is 1. The zero-order chi connectivity index (χ0) is 18.1. The number of aromatic nitrogens is 1. The van der Waals surface area contributed by atoms with Gasteiger partial charge in [-0.1, -0.05) is 0 Å². The van der Waals surface area contributed by atoms with Gasteiger partial charge < -0.3 is 9.72 Å². The molecule has 3 aromatic rings. The number of hydrogen-bond donors (Lipinski definition) is 1. The van der Waals surface area contributed by atoms with Gasteiger partial charge in [-0.2, -0.15) is 0 Å². The molecule has 26 heavy (non-hydrogen) atoms. The molecule has 1 N–H and O–H groups in total. The van der Waals surface area contributed by atoms with E-state index in [0.717, 1.165) is 54.7 Å². The zero-order valence-corrected chi connectivity index (χ0v) is 15.0. The maximum Gasteiger partial charge on any atom is 0.252 e. The summed E-state index contributed by atoms with van der Waals surface area (Å²) in [6.45, 7) is 3.97. The normalized spacial score (nSPS) is 15.6. The van der Waals surface area contributed by atoms with Crippen LogP contribution in [0.5, 0.6) is 0 Å². The van der Waals surface area contributed by atoms with Crippen molar-refractivity contribution < 1.29 is 14.3 Å². The molecular weight excluding hydrogens is 352 g/mol. The fourth-order valence-corrected chi connectivity index (χ4v) is 3.54. The summed E-state index contributed by atoms with van der Waals surface area (Å²) < 4.78 is 5.33. The van der Waals surface area contributed by atoms with E-state index in [1.54, 1.807) is 12.1 Å². The Balaban J connectivity index is 1.61. The summed E-state index contributed by atoms with van der Waals surface area (Å²) in [5.41, 5.74) is 2.99. The van der Waals surface area contributed by atoms with Gasteiger partial charge in [-0.3, -0.25) is 14.5 Å². The number of carbonyl (C=O) groups excluding carboxylic acids is 2. The summed E-state index contributed by atoms with van der Waals surface area (Å²) >= 11 is 5.60. The Bertz CT molecular complexity index is 989. The van der Waals surface area contributed by atoms with E-state index in [1.807, 2.05) is 24.3 Å². The topological polar surface area (TPSA) is 62.4 Å². The van der Waals surface area contributed by atoms with E-state index in [0.29, 0.717) is 17.5 Å². The Hall–Kier alpha value is -2.21. The summed E-state index contributed by atoms with van der Waals surface area (Å²) in [7, 11) is 0. The van der Waals surface area contributed by atoms with E-state index < -0.39 is 5.24 Å². The molecule has 2 aromatic carbocycles. The van der Waals surface area contributed by atoms with Crippen LogP contribution in [0.1, 0.15) is 27.1 Å². The summed E-state index contributed by atoms with van der Waals surface area (Å²) in [5.74, 6) is 0.123. The van der Waals surface area contributed by atoms with Gasteiger partial charge in [0.05, 0.1) is 13.2 Å². The van der Waals surface area contributed by atoms with Crippen LogP contribution in [-0.2, 0) is 4.74 Å². The second kappa shape index (κ2) is 7.19. The highest BCUT2D eigenvalue weighted by molar-refractivity contribution is 6.67.